The van der Waals surface area contributed by atoms with Crippen LogP contribution in [0.3, 0.4) is 0 Å². The van der Waals surface area contributed by atoms with Crippen molar-refractivity contribution < 1.29 is 8.42 Å². The lowest BCUT2D eigenvalue weighted by Gasteiger charge is -2.19. The first-order valence-corrected chi connectivity index (χ1v) is 7.75. The second-order valence-electron chi connectivity index (χ2n) is 4.51. The van der Waals surface area contributed by atoms with Crippen LogP contribution in [0.15, 0.2) is 41.4 Å². The standard InChI is InChI=1S/C13H18N4O2S/c1-11-13(10-14-16-11)20(18,19)15-8-9-17(2)12-6-4-3-5-7-12/h3-7,10,15H,8-9H2,1-2H3,(H,14,16). The quantitative estimate of drug-likeness (QED) is 0.837. The van der Waals surface area contributed by atoms with Crippen molar-refractivity contribution in [1.82, 2.24) is 14.9 Å². The summed E-state index contributed by atoms with van der Waals surface area (Å²) in [4.78, 5) is 2.19. The van der Waals surface area contributed by atoms with Crippen LogP contribution in [0.5, 0.6) is 0 Å². The van der Waals surface area contributed by atoms with Gasteiger partial charge in [-0.1, -0.05) is 18.2 Å². The first-order valence-electron chi connectivity index (χ1n) is 6.26. The van der Waals surface area contributed by atoms with Crippen molar-refractivity contribution >= 4 is 15.7 Å². The first kappa shape index (κ1) is 14.5. The van der Waals surface area contributed by atoms with E-state index < -0.39 is 10.0 Å². The molecule has 1 aromatic carbocycles. The van der Waals surface area contributed by atoms with Crippen LogP contribution in [0.4, 0.5) is 5.69 Å². The Morgan fingerprint density at radius 1 is 1.30 bits per heavy atom. The summed E-state index contributed by atoms with van der Waals surface area (Å²) in [5, 5.41) is 6.34. The summed E-state index contributed by atoms with van der Waals surface area (Å²) in [6, 6.07) is 9.81. The van der Waals surface area contributed by atoms with Gasteiger partial charge in [-0.25, -0.2) is 13.1 Å². The number of aromatic amines is 1. The SMILES string of the molecule is Cc1[nH]ncc1S(=O)(=O)NCCN(C)c1ccccc1. The van der Waals surface area contributed by atoms with E-state index in [2.05, 4.69) is 14.9 Å². The molecule has 0 saturated heterocycles. The normalized spacial score (nSPS) is 11.5. The number of H-pyrrole nitrogens is 1. The lowest BCUT2D eigenvalue weighted by Crippen LogP contribution is -2.33. The van der Waals surface area contributed by atoms with Gasteiger partial charge in [-0.2, -0.15) is 5.10 Å². The van der Waals surface area contributed by atoms with Gasteiger partial charge in [0.1, 0.15) is 4.90 Å². The molecule has 2 rings (SSSR count). The molecule has 0 unspecified atom stereocenters. The van der Waals surface area contributed by atoms with E-state index in [9.17, 15) is 8.42 Å². The summed E-state index contributed by atoms with van der Waals surface area (Å²) >= 11 is 0. The molecule has 0 aliphatic heterocycles. The fourth-order valence-electron chi connectivity index (χ4n) is 1.85. The van der Waals surface area contributed by atoms with E-state index in [4.69, 9.17) is 0 Å². The number of hydrogen-bond donors (Lipinski definition) is 2. The maximum Gasteiger partial charge on any atom is 0.244 e. The second-order valence-corrected chi connectivity index (χ2v) is 6.25. The lowest BCUT2D eigenvalue weighted by molar-refractivity contribution is 0.581. The Hall–Kier alpha value is -1.86. The van der Waals surface area contributed by atoms with E-state index in [1.165, 1.54) is 6.20 Å². The van der Waals surface area contributed by atoms with Gasteiger partial charge in [-0.05, 0) is 19.1 Å². The van der Waals surface area contributed by atoms with E-state index >= 15 is 0 Å². The molecule has 1 aromatic heterocycles. The third-order valence-electron chi connectivity index (χ3n) is 3.01. The fraction of sp³-hybridized carbons (Fsp3) is 0.308. The number of hydrogen-bond acceptors (Lipinski definition) is 4. The molecular weight excluding hydrogens is 276 g/mol. The summed E-state index contributed by atoms with van der Waals surface area (Å²) in [5.74, 6) is 0. The molecule has 1 heterocycles. The van der Waals surface area contributed by atoms with Gasteiger partial charge in [0.25, 0.3) is 0 Å². The zero-order valence-electron chi connectivity index (χ0n) is 11.5. The molecule has 0 bridgehead atoms. The predicted molar refractivity (Wildman–Crippen MR) is 78.2 cm³/mol. The number of rotatable bonds is 6. The summed E-state index contributed by atoms with van der Waals surface area (Å²) in [6.07, 6.45) is 1.32. The van der Waals surface area contributed by atoms with E-state index in [0.717, 1.165) is 5.69 Å². The number of aryl methyl sites for hydroxylation is 1. The van der Waals surface area contributed by atoms with Crippen molar-refractivity contribution in [3.63, 3.8) is 0 Å². The van der Waals surface area contributed by atoms with Crippen molar-refractivity contribution in [1.29, 1.82) is 0 Å². The third-order valence-corrected chi connectivity index (χ3v) is 4.58. The van der Waals surface area contributed by atoms with Gasteiger partial charge in [0.15, 0.2) is 0 Å². The van der Waals surface area contributed by atoms with Crippen LogP contribution in [0.2, 0.25) is 0 Å². The highest BCUT2D eigenvalue weighted by molar-refractivity contribution is 7.89. The number of anilines is 1. The highest BCUT2D eigenvalue weighted by Crippen LogP contribution is 2.12. The van der Waals surface area contributed by atoms with Gasteiger partial charge in [-0.3, -0.25) is 5.10 Å². The zero-order valence-corrected chi connectivity index (χ0v) is 12.3. The van der Waals surface area contributed by atoms with Gasteiger partial charge in [0.2, 0.25) is 10.0 Å². The van der Waals surface area contributed by atoms with Gasteiger partial charge in [0, 0.05) is 25.8 Å². The molecule has 0 spiro atoms. The number of benzene rings is 1. The number of likely N-dealkylation sites (N-methyl/N-ethyl adjacent to an activating group) is 1. The molecule has 0 aliphatic carbocycles. The van der Waals surface area contributed by atoms with Gasteiger partial charge < -0.3 is 4.90 Å². The summed E-state index contributed by atoms with van der Waals surface area (Å²) in [6.45, 7) is 2.59. The number of nitrogens with zero attached hydrogens (tertiary/aromatic N) is 2. The van der Waals surface area contributed by atoms with Crippen molar-refractivity contribution in [3.05, 3.63) is 42.2 Å². The molecule has 0 radical (unpaired) electrons. The topological polar surface area (TPSA) is 78.1 Å². The lowest BCUT2D eigenvalue weighted by atomic mass is 10.3. The molecular formula is C13H18N4O2S. The first-order chi connectivity index (χ1) is 9.50. The Kier molecular flexibility index (Phi) is 4.41. The highest BCUT2D eigenvalue weighted by Gasteiger charge is 2.17. The monoisotopic (exact) mass is 294 g/mol. The third kappa shape index (κ3) is 3.37. The van der Waals surface area contributed by atoms with Crippen LogP contribution < -0.4 is 9.62 Å². The summed E-state index contributed by atoms with van der Waals surface area (Å²) < 4.78 is 26.7. The van der Waals surface area contributed by atoms with E-state index in [-0.39, 0.29) is 4.90 Å². The Morgan fingerprint density at radius 2 is 2.00 bits per heavy atom. The maximum atomic E-state index is 12.0. The minimum absolute atomic E-state index is 0.194. The van der Waals surface area contributed by atoms with Gasteiger partial charge in [0.05, 0.1) is 11.9 Å². The molecule has 0 fully saturated rings. The minimum atomic E-state index is -3.50. The van der Waals surface area contributed by atoms with Gasteiger partial charge in [-0.15, -0.1) is 0 Å². The average Bonchev–Trinajstić information content (AvgIpc) is 2.86. The van der Waals surface area contributed by atoms with Gasteiger partial charge >= 0.3 is 0 Å². The molecule has 0 amide bonds. The van der Waals surface area contributed by atoms with Crippen molar-refractivity contribution in [3.8, 4) is 0 Å². The van der Waals surface area contributed by atoms with Crippen LogP contribution >= 0.6 is 0 Å². The molecule has 0 atom stereocenters. The highest BCUT2D eigenvalue weighted by atomic mass is 32.2. The zero-order chi connectivity index (χ0) is 14.6. The van der Waals surface area contributed by atoms with Crippen LogP contribution in [-0.4, -0.2) is 38.8 Å². The number of para-hydroxylation sites is 1. The Balaban J connectivity index is 1.92. The Labute approximate surface area is 118 Å². The largest absolute Gasteiger partial charge is 0.373 e. The molecule has 20 heavy (non-hydrogen) atoms. The van der Waals surface area contributed by atoms with E-state index in [1.807, 2.05) is 42.3 Å². The molecule has 108 valence electrons. The molecule has 2 aromatic rings. The Morgan fingerprint density at radius 3 is 2.60 bits per heavy atom. The van der Waals surface area contributed by atoms with Crippen LogP contribution in [0, 0.1) is 6.92 Å². The fourth-order valence-corrected chi connectivity index (χ4v) is 3.00. The molecule has 6 nitrogen and oxygen atoms in total. The van der Waals surface area contributed by atoms with Crippen molar-refractivity contribution in [2.75, 3.05) is 25.0 Å². The summed E-state index contributed by atoms with van der Waals surface area (Å²) in [5.41, 5.74) is 1.58. The maximum absolute atomic E-state index is 12.0. The molecule has 2 N–H and O–H groups in total. The minimum Gasteiger partial charge on any atom is -0.373 e. The number of sulfonamides is 1. The van der Waals surface area contributed by atoms with Crippen LogP contribution in [0.1, 0.15) is 5.69 Å². The van der Waals surface area contributed by atoms with Crippen LogP contribution in [-0.2, 0) is 10.0 Å². The molecule has 0 saturated carbocycles. The number of aromatic nitrogens is 2. The Bertz CT molecular complexity index is 652. The van der Waals surface area contributed by atoms with E-state index in [0.29, 0.717) is 18.8 Å². The molecule has 7 heteroatoms. The summed E-state index contributed by atoms with van der Waals surface area (Å²) in [7, 11) is -1.57. The van der Waals surface area contributed by atoms with Crippen molar-refractivity contribution in [2.24, 2.45) is 0 Å². The second kappa shape index (κ2) is 6.06. The van der Waals surface area contributed by atoms with Crippen LogP contribution in [0.25, 0.3) is 0 Å². The predicted octanol–water partition coefficient (Wildman–Crippen LogP) is 1.13. The molecule has 0 aliphatic rings. The average molecular weight is 294 g/mol. The number of nitrogens with one attached hydrogen (secondary N) is 2. The smallest absolute Gasteiger partial charge is 0.244 e. The van der Waals surface area contributed by atoms with E-state index in [1.54, 1.807) is 6.92 Å². The van der Waals surface area contributed by atoms with Crippen molar-refractivity contribution in [2.45, 2.75) is 11.8 Å².